The van der Waals surface area contributed by atoms with Crippen molar-refractivity contribution in [3.8, 4) is 0 Å². The van der Waals surface area contributed by atoms with Gasteiger partial charge in [0.1, 0.15) is 0 Å². The molecule has 4 heteroatoms. The number of nitrogens with one attached hydrogen (secondary N) is 1. The third-order valence-corrected chi connectivity index (χ3v) is 4.30. The molecule has 0 unspecified atom stereocenters. The molecule has 2 nitrogen and oxygen atoms in total. The number of hydrogen-bond acceptors (Lipinski definition) is 2. The monoisotopic (exact) mass is 291 g/mol. The van der Waals surface area contributed by atoms with Crippen molar-refractivity contribution in [1.29, 1.82) is 5.41 Å². The first-order valence-electron chi connectivity index (χ1n) is 6.53. The van der Waals surface area contributed by atoms with Crippen molar-refractivity contribution in [1.82, 2.24) is 0 Å². The topological polar surface area (TPSA) is 44.1 Å². The summed E-state index contributed by atoms with van der Waals surface area (Å²) in [6.07, 6.45) is 3.95. The minimum atomic E-state index is -0.0893. The summed E-state index contributed by atoms with van der Waals surface area (Å²) in [5.41, 5.74) is 1.87. The standard InChI is InChI=1S/C15H20ClNO.Mg.2H/c1-11(10-18)9-14(17)15(7-2-8-15)12-3-5-13(16)6-4-12;;;/h3-6,11,17-18H,2,7-10H2,1H3;;;/q;+2;2*-1/t11-;;;/m0.../s1. The third kappa shape index (κ3) is 3.51. The molecule has 0 heterocycles. The summed E-state index contributed by atoms with van der Waals surface area (Å²) in [5.74, 6) is 0.169. The van der Waals surface area contributed by atoms with Gasteiger partial charge in [0.25, 0.3) is 0 Å². The van der Waals surface area contributed by atoms with Gasteiger partial charge in [-0.05, 0) is 42.9 Å². The van der Waals surface area contributed by atoms with Gasteiger partial charge in [-0.25, -0.2) is 0 Å². The Morgan fingerprint density at radius 1 is 1.42 bits per heavy atom. The van der Waals surface area contributed by atoms with E-state index in [0.717, 1.165) is 23.6 Å². The molecular weight excluding hydrogens is 270 g/mol. The predicted octanol–water partition coefficient (Wildman–Crippen LogP) is 3.64. The van der Waals surface area contributed by atoms with E-state index in [1.807, 2.05) is 31.2 Å². The van der Waals surface area contributed by atoms with Gasteiger partial charge >= 0.3 is 23.1 Å². The maximum absolute atomic E-state index is 9.13. The fraction of sp³-hybridized carbons (Fsp3) is 0.533. The van der Waals surface area contributed by atoms with Crippen LogP contribution in [0, 0.1) is 11.3 Å². The van der Waals surface area contributed by atoms with E-state index >= 15 is 0 Å². The van der Waals surface area contributed by atoms with Crippen LogP contribution in [-0.2, 0) is 5.41 Å². The first-order valence-corrected chi connectivity index (χ1v) is 6.91. The number of benzene rings is 1. The zero-order valence-electron chi connectivity index (χ0n) is 13.5. The first-order chi connectivity index (χ1) is 8.58. The van der Waals surface area contributed by atoms with E-state index in [4.69, 9.17) is 22.1 Å². The third-order valence-electron chi connectivity index (χ3n) is 4.05. The number of rotatable bonds is 5. The molecule has 2 N–H and O–H groups in total. The number of hydrogen-bond donors (Lipinski definition) is 2. The van der Waals surface area contributed by atoms with Crippen molar-refractivity contribution in [2.24, 2.45) is 5.92 Å². The summed E-state index contributed by atoms with van der Waals surface area (Å²) in [4.78, 5) is 0. The largest absolute Gasteiger partial charge is 2.00 e. The van der Waals surface area contributed by atoms with Gasteiger partial charge in [0.2, 0.25) is 0 Å². The van der Waals surface area contributed by atoms with E-state index in [2.05, 4.69) is 0 Å². The molecule has 0 spiro atoms. The van der Waals surface area contributed by atoms with Crippen LogP contribution in [0.2, 0.25) is 5.02 Å². The fourth-order valence-electron chi connectivity index (χ4n) is 2.67. The van der Waals surface area contributed by atoms with Gasteiger partial charge in [-0.15, -0.1) is 0 Å². The van der Waals surface area contributed by atoms with Crippen LogP contribution in [-0.4, -0.2) is 40.5 Å². The quantitative estimate of drug-likeness (QED) is 0.631. The van der Waals surface area contributed by atoms with Gasteiger partial charge < -0.3 is 13.4 Å². The Hall–Kier alpha value is -0.0938. The van der Waals surface area contributed by atoms with Gasteiger partial charge in [0, 0.05) is 22.8 Å². The minimum absolute atomic E-state index is 0. The maximum atomic E-state index is 9.13. The molecule has 102 valence electrons. The Morgan fingerprint density at radius 3 is 2.42 bits per heavy atom. The maximum Gasteiger partial charge on any atom is 2.00 e. The van der Waals surface area contributed by atoms with E-state index in [0.29, 0.717) is 6.42 Å². The molecule has 2 rings (SSSR count). The molecule has 1 aromatic rings. The Morgan fingerprint density at radius 2 is 2.00 bits per heavy atom. The van der Waals surface area contributed by atoms with Crippen LogP contribution in [0.1, 0.15) is 41.0 Å². The molecule has 1 aliphatic rings. The van der Waals surface area contributed by atoms with E-state index in [1.165, 1.54) is 12.0 Å². The van der Waals surface area contributed by atoms with E-state index in [1.54, 1.807) is 0 Å². The molecule has 1 aromatic carbocycles. The molecule has 1 aliphatic carbocycles. The molecule has 0 amide bonds. The molecular formula is C15H22ClMgNO. The van der Waals surface area contributed by atoms with Crippen LogP contribution < -0.4 is 0 Å². The van der Waals surface area contributed by atoms with E-state index < -0.39 is 0 Å². The van der Waals surface area contributed by atoms with Gasteiger partial charge in [-0.2, -0.15) is 0 Å². The minimum Gasteiger partial charge on any atom is -1.00 e. The Kier molecular flexibility index (Phi) is 6.31. The smallest absolute Gasteiger partial charge is 1.00 e. The van der Waals surface area contributed by atoms with Gasteiger partial charge in [-0.3, -0.25) is 0 Å². The second-order valence-corrected chi connectivity index (χ2v) is 5.85. The Balaban J connectivity index is 0. The zero-order chi connectivity index (χ0) is 13.2. The number of halogens is 1. The average molecular weight is 292 g/mol. The van der Waals surface area contributed by atoms with E-state index in [9.17, 15) is 0 Å². The Bertz CT molecular complexity index is 438. The van der Waals surface area contributed by atoms with Crippen molar-refractivity contribution in [3.63, 3.8) is 0 Å². The summed E-state index contributed by atoms with van der Waals surface area (Å²) in [5, 5.41) is 18.2. The molecule has 1 saturated carbocycles. The molecule has 0 aromatic heterocycles. The van der Waals surface area contributed by atoms with Gasteiger partial charge in [-0.1, -0.05) is 37.1 Å². The average Bonchev–Trinajstić information content (AvgIpc) is 2.30. The van der Waals surface area contributed by atoms with Crippen LogP contribution >= 0.6 is 11.6 Å². The van der Waals surface area contributed by atoms with Crippen molar-refractivity contribution in [2.75, 3.05) is 6.61 Å². The van der Waals surface area contributed by atoms with Crippen LogP contribution in [0.5, 0.6) is 0 Å². The van der Waals surface area contributed by atoms with Crippen LogP contribution in [0.15, 0.2) is 24.3 Å². The normalized spacial score (nSPS) is 18.1. The number of aliphatic hydroxyl groups excluding tert-OH is 1. The van der Waals surface area contributed by atoms with Crippen molar-refractivity contribution in [2.45, 2.75) is 38.0 Å². The van der Waals surface area contributed by atoms with Crippen molar-refractivity contribution in [3.05, 3.63) is 34.9 Å². The fourth-order valence-corrected chi connectivity index (χ4v) is 2.80. The second-order valence-electron chi connectivity index (χ2n) is 5.41. The molecule has 0 aliphatic heterocycles. The summed E-state index contributed by atoms with van der Waals surface area (Å²) < 4.78 is 0. The van der Waals surface area contributed by atoms with Gasteiger partial charge in [0.15, 0.2) is 0 Å². The molecule has 0 saturated heterocycles. The SMILES string of the molecule is C[C@H](CO)CC(=N)C1(c2ccc(Cl)cc2)CCC1.[H-].[H-].[Mg+2]. The van der Waals surface area contributed by atoms with E-state index in [-0.39, 0.29) is 43.8 Å². The summed E-state index contributed by atoms with van der Waals surface area (Å²) >= 11 is 5.92. The summed E-state index contributed by atoms with van der Waals surface area (Å²) in [7, 11) is 0. The molecule has 1 fully saturated rings. The second kappa shape index (κ2) is 7.07. The van der Waals surface area contributed by atoms with Gasteiger partial charge in [0.05, 0.1) is 0 Å². The Labute approximate surface area is 139 Å². The van der Waals surface area contributed by atoms with Crippen molar-refractivity contribution < 1.29 is 7.96 Å². The number of aliphatic hydroxyl groups is 1. The summed E-state index contributed by atoms with van der Waals surface area (Å²) in [6, 6.07) is 7.89. The van der Waals surface area contributed by atoms with Crippen LogP contribution in [0.25, 0.3) is 0 Å². The molecule has 0 radical (unpaired) electrons. The summed E-state index contributed by atoms with van der Waals surface area (Å²) in [6.45, 7) is 2.14. The molecule has 1 atom stereocenters. The van der Waals surface area contributed by atoms with Crippen LogP contribution in [0.4, 0.5) is 0 Å². The molecule has 19 heavy (non-hydrogen) atoms. The predicted molar refractivity (Wildman–Crippen MR) is 83.6 cm³/mol. The van der Waals surface area contributed by atoms with Crippen LogP contribution in [0.3, 0.4) is 0 Å². The molecule has 0 bridgehead atoms. The zero-order valence-corrected chi connectivity index (χ0v) is 13.6. The van der Waals surface area contributed by atoms with Crippen molar-refractivity contribution >= 4 is 40.4 Å². The first kappa shape index (κ1) is 17.0.